The molecule has 0 saturated carbocycles. The van der Waals surface area contributed by atoms with E-state index in [1.54, 1.807) is 6.07 Å². The number of carbonyl (C=O) groups excluding carboxylic acids is 3. The fraction of sp³-hybridized carbons (Fsp3) is 0.375. The summed E-state index contributed by atoms with van der Waals surface area (Å²) in [6, 6.07) is 8.79. The minimum absolute atomic E-state index is 0.112. The fourth-order valence-electron chi connectivity index (χ4n) is 7.48. The number of halogens is 6. The van der Waals surface area contributed by atoms with Crippen LogP contribution in [-0.2, 0) is 28.3 Å². The molecule has 0 radical (unpaired) electrons. The lowest BCUT2D eigenvalue weighted by molar-refractivity contribution is -0.138. The summed E-state index contributed by atoms with van der Waals surface area (Å²) in [4.78, 5) is 66.2. The Balaban J connectivity index is 0.000000195. The Bertz CT molecular complexity index is 2700. The number of likely N-dealkylation sites (tertiary alicyclic amines) is 2. The molecule has 17 nitrogen and oxygen atoms in total. The molecule has 0 atom stereocenters. The van der Waals surface area contributed by atoms with Crippen molar-refractivity contribution in [3.05, 3.63) is 83.4 Å². The van der Waals surface area contributed by atoms with Gasteiger partial charge < -0.3 is 29.7 Å². The molecule has 2 aliphatic heterocycles. The molecule has 2 aromatic carbocycles. The van der Waals surface area contributed by atoms with Gasteiger partial charge in [0.05, 0.1) is 36.5 Å². The standard InChI is InChI=1S/C21H21F3N6O3S.C19H18F3N5O3S/c1-12(31)29-20(13-4-3-5-14(10-13)21(22,23)24)6-8-30(9-7-20)19(32)28-18-27-15-16(33-2)25-11-26-17(15)34-18;1-30-14-13-15(24-10-23-14)31-16(25-13)26-17(28)27-7-5-18(29,6-8-27)11-3-2-4-12(9-11)19(20,21)22/h3-5,10-11H,6-9H2,1-2H3,(H,29,31)(H,27,28,32);2-4,9-10,29H,5-8H2,1H3,(H,25,26,28). The molecular weight excluding hydrogens is 909 g/mol. The summed E-state index contributed by atoms with van der Waals surface area (Å²) in [5.41, 5.74) is -2.63. The van der Waals surface area contributed by atoms with Crippen LogP contribution >= 0.6 is 22.7 Å². The number of carbonyl (C=O) groups is 3. The topological polar surface area (TPSA) is 210 Å². The van der Waals surface area contributed by atoms with Crippen molar-refractivity contribution in [1.29, 1.82) is 0 Å². The second-order valence-electron chi connectivity index (χ2n) is 14.9. The van der Waals surface area contributed by atoms with Crippen molar-refractivity contribution < 1.29 is 55.3 Å². The molecule has 0 aliphatic carbocycles. The minimum atomic E-state index is -4.50. The molecule has 8 rings (SSSR count). The van der Waals surface area contributed by atoms with Crippen LogP contribution in [0.5, 0.6) is 11.8 Å². The van der Waals surface area contributed by atoms with E-state index in [-0.39, 0.29) is 63.3 Å². The Kier molecular flexibility index (Phi) is 13.3. The highest BCUT2D eigenvalue weighted by Gasteiger charge is 2.41. The van der Waals surface area contributed by atoms with Gasteiger partial charge in [0.1, 0.15) is 12.7 Å². The zero-order chi connectivity index (χ0) is 46.7. The summed E-state index contributed by atoms with van der Waals surface area (Å²) in [5.74, 6) is 0.228. The van der Waals surface area contributed by atoms with Crippen LogP contribution in [0.1, 0.15) is 54.9 Å². The number of amides is 5. The molecule has 344 valence electrons. The number of methoxy groups -OCH3 is 2. The van der Waals surface area contributed by atoms with Gasteiger partial charge in [-0.15, -0.1) is 0 Å². The maximum atomic E-state index is 13.3. The van der Waals surface area contributed by atoms with Gasteiger partial charge in [0.2, 0.25) is 17.7 Å². The molecule has 0 spiro atoms. The van der Waals surface area contributed by atoms with Gasteiger partial charge in [-0.05, 0) is 61.1 Å². The van der Waals surface area contributed by atoms with Crippen LogP contribution in [0, 0.1) is 0 Å². The molecular formula is C40H39F6N11O6S2. The van der Waals surface area contributed by atoms with Gasteiger partial charge in [-0.3, -0.25) is 15.4 Å². The summed E-state index contributed by atoms with van der Waals surface area (Å²) in [6.45, 7) is 2.10. The first-order chi connectivity index (χ1) is 30.8. The maximum absolute atomic E-state index is 13.3. The van der Waals surface area contributed by atoms with Gasteiger partial charge in [0.25, 0.3) is 0 Å². The Morgan fingerprint density at radius 2 is 1.11 bits per heavy atom. The number of piperidine rings is 2. The summed E-state index contributed by atoms with van der Waals surface area (Å²) in [6.07, 6.45) is -5.59. The first kappa shape index (κ1) is 46.5. The summed E-state index contributed by atoms with van der Waals surface area (Å²) in [7, 11) is 2.91. The monoisotopic (exact) mass is 947 g/mol. The van der Waals surface area contributed by atoms with Crippen LogP contribution in [0.2, 0.25) is 0 Å². The number of ether oxygens (including phenoxy) is 2. The molecule has 4 aromatic heterocycles. The maximum Gasteiger partial charge on any atom is 0.416 e. The number of nitrogens with zero attached hydrogens (tertiary/aromatic N) is 8. The third-order valence-electron chi connectivity index (χ3n) is 10.8. The predicted octanol–water partition coefficient (Wildman–Crippen LogP) is 7.40. The van der Waals surface area contributed by atoms with Gasteiger partial charge in [0.15, 0.2) is 31.0 Å². The van der Waals surface area contributed by atoms with Crippen LogP contribution in [-0.4, -0.2) is 103 Å². The Labute approximate surface area is 373 Å². The Morgan fingerprint density at radius 1 is 0.677 bits per heavy atom. The van der Waals surface area contributed by atoms with Crippen LogP contribution in [0.25, 0.3) is 20.7 Å². The molecule has 25 heteroatoms. The average molecular weight is 948 g/mol. The third-order valence-corrected chi connectivity index (χ3v) is 12.6. The average Bonchev–Trinajstić information content (AvgIpc) is 3.89. The molecule has 4 N–H and O–H groups in total. The van der Waals surface area contributed by atoms with Crippen molar-refractivity contribution in [3.8, 4) is 11.8 Å². The number of alkyl halides is 6. The zero-order valence-corrected chi connectivity index (χ0v) is 36.2. The number of hydrogen-bond acceptors (Lipinski definition) is 14. The van der Waals surface area contributed by atoms with Gasteiger partial charge in [0, 0.05) is 33.1 Å². The van der Waals surface area contributed by atoms with E-state index in [0.717, 1.165) is 46.9 Å². The third kappa shape index (κ3) is 10.4. The molecule has 5 amide bonds. The van der Waals surface area contributed by atoms with Crippen molar-refractivity contribution in [2.24, 2.45) is 0 Å². The highest BCUT2D eigenvalue weighted by Crippen LogP contribution is 2.39. The van der Waals surface area contributed by atoms with E-state index in [2.05, 4.69) is 45.9 Å². The van der Waals surface area contributed by atoms with E-state index < -0.39 is 46.7 Å². The lowest BCUT2D eigenvalue weighted by atomic mass is 9.80. The van der Waals surface area contributed by atoms with E-state index in [1.165, 1.54) is 61.8 Å². The van der Waals surface area contributed by atoms with Crippen LogP contribution < -0.4 is 25.4 Å². The van der Waals surface area contributed by atoms with Crippen molar-refractivity contribution in [1.82, 2.24) is 45.0 Å². The van der Waals surface area contributed by atoms with Gasteiger partial charge in [-0.1, -0.05) is 46.9 Å². The van der Waals surface area contributed by atoms with Crippen LogP contribution in [0.15, 0.2) is 61.2 Å². The second kappa shape index (κ2) is 18.6. The molecule has 6 aromatic rings. The SMILES string of the molecule is COc1ncnc2sc(NC(=O)N3CCC(NC(C)=O)(c4cccc(C(F)(F)F)c4)CC3)nc12.COc1ncnc2sc(NC(=O)N3CCC(O)(c4cccc(C(F)(F)F)c4)CC3)nc12. The number of thiazole rings is 2. The van der Waals surface area contributed by atoms with E-state index in [4.69, 9.17) is 9.47 Å². The Morgan fingerprint density at radius 3 is 1.54 bits per heavy atom. The molecule has 0 unspecified atom stereocenters. The first-order valence-electron chi connectivity index (χ1n) is 19.6. The van der Waals surface area contributed by atoms with Crippen LogP contribution in [0.3, 0.4) is 0 Å². The lowest BCUT2D eigenvalue weighted by Gasteiger charge is -2.42. The molecule has 0 bridgehead atoms. The van der Waals surface area contributed by atoms with E-state index in [1.807, 2.05) is 0 Å². The number of fused-ring (bicyclic) bond motifs is 2. The fourth-order valence-corrected chi connectivity index (χ4v) is 9.05. The van der Waals surface area contributed by atoms with Crippen LogP contribution in [0.4, 0.5) is 46.2 Å². The second-order valence-corrected chi connectivity index (χ2v) is 16.9. The van der Waals surface area contributed by atoms with E-state index >= 15 is 0 Å². The lowest BCUT2D eigenvalue weighted by Crippen LogP contribution is -2.54. The number of hydrogen-bond donors (Lipinski definition) is 4. The van der Waals surface area contributed by atoms with Gasteiger partial charge in [-0.2, -0.15) is 36.3 Å². The zero-order valence-electron chi connectivity index (χ0n) is 34.6. The Hall–Kier alpha value is -6.47. The van der Waals surface area contributed by atoms with Gasteiger partial charge >= 0.3 is 24.4 Å². The molecule has 2 saturated heterocycles. The number of anilines is 2. The highest BCUT2D eigenvalue weighted by molar-refractivity contribution is 7.22. The summed E-state index contributed by atoms with van der Waals surface area (Å²) < 4.78 is 89.0. The van der Waals surface area contributed by atoms with Crippen molar-refractivity contribution in [2.45, 2.75) is 56.1 Å². The predicted molar refractivity (Wildman–Crippen MR) is 225 cm³/mol. The number of aromatic nitrogens is 6. The molecule has 6 heterocycles. The highest BCUT2D eigenvalue weighted by atomic mass is 32.1. The largest absolute Gasteiger partial charge is 0.479 e. The molecule has 2 fully saturated rings. The number of urea groups is 2. The minimum Gasteiger partial charge on any atom is -0.479 e. The smallest absolute Gasteiger partial charge is 0.416 e. The number of rotatable bonds is 7. The normalized spacial score (nSPS) is 16.0. The quantitative estimate of drug-likeness (QED) is 0.115. The summed E-state index contributed by atoms with van der Waals surface area (Å²) in [5, 5.41) is 19.8. The van der Waals surface area contributed by atoms with Crippen molar-refractivity contribution >= 4 is 71.6 Å². The van der Waals surface area contributed by atoms with E-state index in [9.17, 15) is 45.8 Å². The van der Waals surface area contributed by atoms with Crippen molar-refractivity contribution in [3.63, 3.8) is 0 Å². The molecule has 65 heavy (non-hydrogen) atoms. The summed E-state index contributed by atoms with van der Waals surface area (Å²) >= 11 is 2.33. The number of aliphatic hydroxyl groups is 1. The van der Waals surface area contributed by atoms with E-state index in [0.29, 0.717) is 48.3 Å². The van der Waals surface area contributed by atoms with Gasteiger partial charge in [-0.25, -0.2) is 29.5 Å². The van der Waals surface area contributed by atoms with Crippen molar-refractivity contribution in [2.75, 3.05) is 51.0 Å². The first-order valence-corrected chi connectivity index (χ1v) is 21.2. The molecule has 2 aliphatic rings. The number of benzene rings is 2. The number of nitrogens with one attached hydrogen (secondary N) is 3.